The molecule has 2 aromatic carbocycles. The van der Waals surface area contributed by atoms with Gasteiger partial charge in [-0.15, -0.1) is 5.10 Å². The third kappa shape index (κ3) is 5.38. The van der Waals surface area contributed by atoms with Crippen molar-refractivity contribution >= 4 is 33.9 Å². The topological polar surface area (TPSA) is 104 Å². The van der Waals surface area contributed by atoms with E-state index in [-0.39, 0.29) is 16.8 Å². The van der Waals surface area contributed by atoms with E-state index in [0.717, 1.165) is 29.4 Å². The van der Waals surface area contributed by atoms with Crippen molar-refractivity contribution in [3.63, 3.8) is 0 Å². The minimum atomic E-state index is -0.462. The van der Waals surface area contributed by atoms with Gasteiger partial charge >= 0.3 is 0 Å². The molecule has 10 heteroatoms. The molecular weight excluding hydrogens is 551 g/mol. The minimum absolute atomic E-state index is 0.0176. The van der Waals surface area contributed by atoms with E-state index in [1.165, 1.54) is 12.1 Å². The maximum absolute atomic E-state index is 13.9. The van der Waals surface area contributed by atoms with Crippen molar-refractivity contribution < 1.29 is 4.39 Å². The lowest BCUT2D eigenvalue weighted by atomic mass is 9.96. The molecule has 5 aromatic rings. The number of aromatic nitrogens is 5. The van der Waals surface area contributed by atoms with Crippen LogP contribution >= 0.6 is 11.6 Å². The van der Waals surface area contributed by atoms with E-state index >= 15 is 0 Å². The van der Waals surface area contributed by atoms with Crippen molar-refractivity contribution in [1.29, 1.82) is 5.26 Å². The number of fused-ring (bicyclic) bond motifs is 1. The fourth-order valence-electron chi connectivity index (χ4n) is 5.15. The summed E-state index contributed by atoms with van der Waals surface area (Å²) in [5.41, 5.74) is 4.67. The van der Waals surface area contributed by atoms with Crippen molar-refractivity contribution in [2.75, 3.05) is 17.2 Å². The van der Waals surface area contributed by atoms with Gasteiger partial charge < -0.3 is 10.6 Å². The van der Waals surface area contributed by atoms with Crippen molar-refractivity contribution in [3.05, 3.63) is 107 Å². The van der Waals surface area contributed by atoms with Gasteiger partial charge in [0.1, 0.15) is 17.6 Å². The quantitative estimate of drug-likeness (QED) is 0.202. The molecule has 0 amide bonds. The second kappa shape index (κ2) is 10.7. The van der Waals surface area contributed by atoms with Crippen LogP contribution in [0, 0.1) is 22.6 Å². The molecule has 0 radical (unpaired) electrons. The predicted molar refractivity (Wildman–Crippen MR) is 162 cm³/mol. The average Bonchev–Trinajstić information content (AvgIpc) is 3.64. The summed E-state index contributed by atoms with van der Waals surface area (Å²) in [7, 11) is 0. The van der Waals surface area contributed by atoms with Crippen LogP contribution in [-0.2, 0) is 5.54 Å². The third-order valence-corrected chi connectivity index (χ3v) is 7.81. The second-order valence-corrected chi connectivity index (χ2v) is 12.3. The van der Waals surface area contributed by atoms with E-state index in [1.807, 2.05) is 29.2 Å². The number of benzene rings is 2. The van der Waals surface area contributed by atoms with Gasteiger partial charge in [0, 0.05) is 36.2 Å². The van der Waals surface area contributed by atoms with Gasteiger partial charge in [0.25, 0.3) is 0 Å². The lowest BCUT2D eigenvalue weighted by molar-refractivity contribution is 0.443. The van der Waals surface area contributed by atoms with Gasteiger partial charge in [-0.1, -0.05) is 55.8 Å². The van der Waals surface area contributed by atoms with Crippen LogP contribution in [0.25, 0.3) is 10.9 Å². The zero-order valence-electron chi connectivity index (χ0n) is 23.6. The second-order valence-electron chi connectivity index (χ2n) is 11.9. The van der Waals surface area contributed by atoms with Crippen molar-refractivity contribution in [1.82, 2.24) is 25.0 Å². The Morgan fingerprint density at radius 1 is 1.14 bits per heavy atom. The molecule has 2 N–H and O–H groups in total. The third-order valence-electron chi connectivity index (χ3n) is 7.52. The lowest BCUT2D eigenvalue weighted by Crippen LogP contribution is -2.20. The Labute approximate surface area is 248 Å². The molecule has 1 aliphatic rings. The normalized spacial score (nSPS) is 14.8. The van der Waals surface area contributed by atoms with Gasteiger partial charge in [0.2, 0.25) is 0 Å². The number of nitriles is 1. The zero-order chi connectivity index (χ0) is 29.5. The average molecular weight is 581 g/mol. The molecule has 42 heavy (non-hydrogen) atoms. The van der Waals surface area contributed by atoms with Gasteiger partial charge in [-0.2, -0.15) is 5.26 Å². The molecule has 1 saturated carbocycles. The molecular formula is C32H30ClFN8. The largest absolute Gasteiger partial charge is 0.383 e. The van der Waals surface area contributed by atoms with Crippen molar-refractivity contribution in [3.8, 4) is 6.07 Å². The Hall–Kier alpha value is -4.55. The van der Waals surface area contributed by atoms with Crippen LogP contribution in [0.2, 0.25) is 5.02 Å². The molecule has 0 saturated heterocycles. The molecule has 0 aliphatic heterocycles. The first-order valence-electron chi connectivity index (χ1n) is 13.8. The number of nitrogens with one attached hydrogen (secondary N) is 2. The Bertz CT molecular complexity index is 1780. The molecule has 3 heterocycles. The number of pyridine rings is 2. The van der Waals surface area contributed by atoms with Crippen molar-refractivity contribution in [2.24, 2.45) is 5.41 Å². The molecule has 6 rings (SSSR count). The molecule has 1 fully saturated rings. The highest BCUT2D eigenvalue weighted by Gasteiger charge is 2.48. The van der Waals surface area contributed by atoms with Crippen LogP contribution in [0.3, 0.4) is 0 Å². The summed E-state index contributed by atoms with van der Waals surface area (Å²) in [6.07, 6.45) is 8.99. The molecule has 3 aromatic heterocycles. The first-order valence-corrected chi connectivity index (χ1v) is 14.2. The van der Waals surface area contributed by atoms with Gasteiger partial charge in [-0.05, 0) is 59.7 Å². The number of anilines is 2. The highest BCUT2D eigenvalue weighted by molar-refractivity contribution is 6.35. The number of rotatable bonds is 8. The molecule has 1 unspecified atom stereocenters. The van der Waals surface area contributed by atoms with E-state index in [9.17, 15) is 9.65 Å². The van der Waals surface area contributed by atoms with Crippen LogP contribution in [0.5, 0.6) is 0 Å². The van der Waals surface area contributed by atoms with Crippen molar-refractivity contribution in [2.45, 2.75) is 45.2 Å². The molecule has 1 atom stereocenters. The lowest BCUT2D eigenvalue weighted by Gasteiger charge is -2.22. The Balaban J connectivity index is 1.41. The number of nitrogens with zero attached hydrogens (tertiary/aromatic N) is 6. The van der Waals surface area contributed by atoms with Crippen LogP contribution in [0.15, 0.2) is 73.3 Å². The maximum atomic E-state index is 13.9. The number of halogens is 2. The first kappa shape index (κ1) is 27.6. The Morgan fingerprint density at radius 2 is 1.93 bits per heavy atom. The molecule has 0 bridgehead atoms. The van der Waals surface area contributed by atoms with Crippen LogP contribution in [0.4, 0.5) is 15.8 Å². The summed E-state index contributed by atoms with van der Waals surface area (Å²) < 4.78 is 15.8. The maximum Gasteiger partial charge on any atom is 0.123 e. The van der Waals surface area contributed by atoms with Gasteiger partial charge in [-0.3, -0.25) is 9.97 Å². The predicted octanol–water partition coefficient (Wildman–Crippen LogP) is 7.08. The van der Waals surface area contributed by atoms with Gasteiger partial charge in [-0.25, -0.2) is 9.07 Å². The van der Waals surface area contributed by atoms with Gasteiger partial charge in [0.05, 0.1) is 39.6 Å². The minimum Gasteiger partial charge on any atom is -0.383 e. The standard InChI is InChI=1S/C32H30ClFN8/c1-31(2,3)19-38-28-21(15-35)16-37-30-25(28)13-24(14-26(30)33)39-29(20-6-8-23(34)9-7-20)27-18-42(41-40-27)32(10-11-32)22-5-4-12-36-17-22/h4-9,12-14,16-18,29,39H,10-11,19H2,1-3H3,(H,37,38). The highest BCUT2D eigenvalue weighted by Crippen LogP contribution is 2.48. The zero-order valence-corrected chi connectivity index (χ0v) is 24.3. The fraction of sp³-hybridized carbons (Fsp3) is 0.281. The number of hydrogen-bond donors (Lipinski definition) is 2. The monoisotopic (exact) mass is 580 g/mol. The van der Waals surface area contributed by atoms with Crippen LogP contribution < -0.4 is 10.6 Å². The number of hydrogen-bond acceptors (Lipinski definition) is 7. The van der Waals surface area contributed by atoms with Crippen LogP contribution in [0.1, 0.15) is 62.0 Å². The molecule has 212 valence electrons. The summed E-state index contributed by atoms with van der Waals surface area (Å²) in [6.45, 7) is 7.01. The summed E-state index contributed by atoms with van der Waals surface area (Å²) in [5.74, 6) is -0.326. The fourth-order valence-corrected chi connectivity index (χ4v) is 5.41. The van der Waals surface area contributed by atoms with E-state index in [0.29, 0.717) is 39.7 Å². The molecule has 8 nitrogen and oxygen atoms in total. The van der Waals surface area contributed by atoms with E-state index in [4.69, 9.17) is 11.6 Å². The summed E-state index contributed by atoms with van der Waals surface area (Å²) in [6, 6.07) is 15.8. The van der Waals surface area contributed by atoms with E-state index < -0.39 is 6.04 Å². The Kier molecular flexibility index (Phi) is 7.03. The highest BCUT2D eigenvalue weighted by atomic mass is 35.5. The summed E-state index contributed by atoms with van der Waals surface area (Å²) >= 11 is 6.76. The molecule has 1 aliphatic carbocycles. The smallest absolute Gasteiger partial charge is 0.123 e. The summed E-state index contributed by atoms with van der Waals surface area (Å²) in [4.78, 5) is 8.77. The van der Waals surface area contributed by atoms with Gasteiger partial charge in [0.15, 0.2) is 0 Å². The first-order chi connectivity index (χ1) is 20.2. The van der Waals surface area contributed by atoms with E-state index in [2.05, 4.69) is 63.8 Å². The molecule has 0 spiro atoms. The summed E-state index contributed by atoms with van der Waals surface area (Å²) in [5, 5.41) is 27.1. The van der Waals surface area contributed by atoms with Crippen LogP contribution in [-0.4, -0.2) is 31.5 Å². The van der Waals surface area contributed by atoms with E-state index in [1.54, 1.807) is 30.6 Å². The Morgan fingerprint density at radius 3 is 2.60 bits per heavy atom. The SMILES string of the molecule is CC(C)(C)CNc1c(C#N)cnc2c(Cl)cc(NC(c3ccc(F)cc3)c3cn(C4(c5cccnc5)CC4)nn3)cc12.